The third-order valence-electron chi connectivity index (χ3n) is 2.41. The molecule has 2 rings (SSSR count). The van der Waals surface area contributed by atoms with Crippen LogP contribution in [0.4, 0.5) is 10.8 Å². The van der Waals surface area contributed by atoms with Gasteiger partial charge >= 0.3 is 9.87 Å². The number of pyridine rings is 1. The zero-order valence-electron chi connectivity index (χ0n) is 9.79. The third-order valence-corrected chi connectivity index (χ3v) is 3.56. The van der Waals surface area contributed by atoms with Crippen molar-refractivity contribution in [2.75, 3.05) is 12.4 Å². The number of rotatable bonds is 4. The molecule has 0 amide bonds. The van der Waals surface area contributed by atoms with Crippen molar-refractivity contribution in [3.05, 3.63) is 48.8 Å². The molecular weight excluding hydrogens is 292 g/mol. The maximum absolute atomic E-state index is 11.8. The van der Waals surface area contributed by atoms with Crippen molar-refractivity contribution in [3.63, 3.8) is 0 Å². The molecule has 0 unspecified atom stereocenters. The van der Waals surface area contributed by atoms with Crippen LogP contribution in [0.3, 0.4) is 0 Å². The van der Waals surface area contributed by atoms with Crippen LogP contribution in [0.25, 0.3) is 0 Å². The van der Waals surface area contributed by atoms with Crippen molar-refractivity contribution in [3.8, 4) is 0 Å². The van der Waals surface area contributed by atoms with Crippen LogP contribution in [-0.2, 0) is 6.54 Å². The van der Waals surface area contributed by atoms with Crippen molar-refractivity contribution >= 4 is 33.8 Å². The van der Waals surface area contributed by atoms with E-state index in [-0.39, 0.29) is 17.4 Å². The number of halogens is 1. The van der Waals surface area contributed by atoms with E-state index in [0.717, 1.165) is 5.56 Å². The molecule has 9 heteroatoms. The lowest BCUT2D eigenvalue weighted by molar-refractivity contribution is -0.379. The zero-order valence-corrected chi connectivity index (χ0v) is 11.4. The van der Waals surface area contributed by atoms with Gasteiger partial charge in [-0.05, 0) is 11.6 Å². The first-order chi connectivity index (χ1) is 9.02. The van der Waals surface area contributed by atoms with Crippen LogP contribution in [-0.4, -0.2) is 21.5 Å². The molecule has 0 saturated heterocycles. The van der Waals surface area contributed by atoms with Gasteiger partial charge in [-0.1, -0.05) is 17.7 Å². The van der Waals surface area contributed by atoms with E-state index in [1.807, 2.05) is 0 Å². The van der Waals surface area contributed by atoms with Gasteiger partial charge in [0.05, 0.1) is 11.5 Å². The summed E-state index contributed by atoms with van der Waals surface area (Å²) in [5, 5.41) is 13.7. The highest BCUT2D eigenvalue weighted by molar-refractivity contribution is 7.13. The van der Waals surface area contributed by atoms with Crippen LogP contribution in [0.1, 0.15) is 5.56 Å². The molecule has 1 N–H and O–H groups in total. The molecule has 0 spiro atoms. The van der Waals surface area contributed by atoms with Crippen LogP contribution in [0.5, 0.6) is 0 Å². The van der Waals surface area contributed by atoms with E-state index in [1.54, 1.807) is 12.1 Å². The normalized spacial score (nSPS) is 10.4. The van der Waals surface area contributed by atoms with Crippen LogP contribution in [0.15, 0.2) is 23.1 Å². The van der Waals surface area contributed by atoms with E-state index < -0.39 is 9.80 Å². The molecular formula is C10H9ClN4O3S. The summed E-state index contributed by atoms with van der Waals surface area (Å²) in [4.78, 5) is 25.6. The van der Waals surface area contributed by atoms with Gasteiger partial charge in [0.1, 0.15) is 5.15 Å². The molecule has 0 aliphatic rings. The van der Waals surface area contributed by atoms with Gasteiger partial charge in [-0.2, -0.15) is 0 Å². The molecule has 2 aromatic rings. The van der Waals surface area contributed by atoms with Crippen LogP contribution in [0, 0.1) is 10.1 Å². The number of nitro groups is 1. The average Bonchev–Trinajstić information content (AvgIpc) is 2.69. The Morgan fingerprint density at radius 2 is 2.32 bits per heavy atom. The summed E-state index contributed by atoms with van der Waals surface area (Å²) in [7, 11) is 1.53. The van der Waals surface area contributed by atoms with Gasteiger partial charge in [-0.15, -0.1) is 0 Å². The zero-order chi connectivity index (χ0) is 14.0. The lowest BCUT2D eigenvalue weighted by Gasteiger charge is -2.06. The summed E-state index contributed by atoms with van der Waals surface area (Å²) in [5.41, 5.74) is 0.732. The number of hydrogen-bond acceptors (Lipinski definition) is 6. The van der Waals surface area contributed by atoms with Gasteiger partial charge in [-0.25, -0.2) is 4.98 Å². The molecule has 7 nitrogen and oxygen atoms in total. The first-order valence-corrected chi connectivity index (χ1v) is 6.38. The van der Waals surface area contributed by atoms with E-state index in [0.29, 0.717) is 16.5 Å². The second-order valence-electron chi connectivity index (χ2n) is 3.60. The molecule has 19 heavy (non-hydrogen) atoms. The fourth-order valence-corrected chi connectivity index (χ4v) is 2.51. The molecule has 0 fully saturated rings. The molecule has 0 bridgehead atoms. The summed E-state index contributed by atoms with van der Waals surface area (Å²) in [6, 6.07) is 3.31. The van der Waals surface area contributed by atoms with Gasteiger partial charge in [0.2, 0.25) is 5.82 Å². The smallest absolute Gasteiger partial charge is 0.368 e. The number of nitrogens with one attached hydrogen (secondary N) is 1. The molecule has 0 aromatic carbocycles. The van der Waals surface area contributed by atoms with Gasteiger partial charge in [0.15, 0.2) is 0 Å². The topological polar surface area (TPSA) is 90.1 Å². The summed E-state index contributed by atoms with van der Waals surface area (Å²) < 4.78 is 1.30. The van der Waals surface area contributed by atoms with E-state index in [4.69, 9.17) is 11.6 Å². The SMILES string of the molecule is CNc1c([N+](=O)[O-])sc(=O)n1Cc1ccc(Cl)nc1. The Bertz CT molecular complexity index is 664. The second kappa shape index (κ2) is 5.37. The summed E-state index contributed by atoms with van der Waals surface area (Å²) in [6.07, 6.45) is 1.53. The molecule has 0 saturated carbocycles. The quantitative estimate of drug-likeness (QED) is 0.529. The number of nitrogens with zero attached hydrogens (tertiary/aromatic N) is 3. The van der Waals surface area contributed by atoms with Crippen molar-refractivity contribution in [2.45, 2.75) is 6.54 Å². The van der Waals surface area contributed by atoms with Crippen molar-refractivity contribution < 1.29 is 4.92 Å². The summed E-state index contributed by atoms with van der Waals surface area (Å²) >= 11 is 6.27. The highest BCUT2D eigenvalue weighted by Crippen LogP contribution is 2.27. The minimum atomic E-state index is -0.575. The lowest BCUT2D eigenvalue weighted by Crippen LogP contribution is -2.16. The van der Waals surface area contributed by atoms with Crippen LogP contribution in [0.2, 0.25) is 5.15 Å². The fraction of sp³-hybridized carbons (Fsp3) is 0.200. The van der Waals surface area contributed by atoms with Gasteiger partial charge in [-0.3, -0.25) is 19.5 Å². The van der Waals surface area contributed by atoms with Crippen LogP contribution >= 0.6 is 22.9 Å². The van der Waals surface area contributed by atoms with Crippen molar-refractivity contribution in [2.24, 2.45) is 0 Å². The maximum Gasteiger partial charge on any atom is 0.369 e. The van der Waals surface area contributed by atoms with Crippen molar-refractivity contribution in [1.29, 1.82) is 0 Å². The Morgan fingerprint density at radius 1 is 1.58 bits per heavy atom. The van der Waals surface area contributed by atoms with Gasteiger partial charge in [0.25, 0.3) is 0 Å². The van der Waals surface area contributed by atoms with E-state index in [2.05, 4.69) is 10.3 Å². The Morgan fingerprint density at radius 3 is 2.84 bits per heavy atom. The van der Waals surface area contributed by atoms with E-state index in [1.165, 1.54) is 17.8 Å². The second-order valence-corrected chi connectivity index (χ2v) is 4.93. The highest BCUT2D eigenvalue weighted by atomic mass is 35.5. The Kier molecular flexibility index (Phi) is 3.82. The van der Waals surface area contributed by atoms with E-state index in [9.17, 15) is 14.9 Å². The summed E-state index contributed by atoms with van der Waals surface area (Å²) in [6.45, 7) is 0.198. The predicted octanol–water partition coefficient (Wildman–Crippen LogP) is 1.96. The first-order valence-electron chi connectivity index (χ1n) is 5.19. The third kappa shape index (κ3) is 2.74. The molecule has 0 radical (unpaired) electrons. The van der Waals surface area contributed by atoms with Gasteiger partial charge < -0.3 is 5.32 Å². The first kappa shape index (κ1) is 13.5. The molecule has 2 aromatic heterocycles. The van der Waals surface area contributed by atoms with Crippen LogP contribution < -0.4 is 10.2 Å². The lowest BCUT2D eigenvalue weighted by atomic mass is 10.3. The monoisotopic (exact) mass is 300 g/mol. The molecule has 100 valence electrons. The minimum absolute atomic E-state index is 0.190. The average molecular weight is 301 g/mol. The number of anilines is 1. The highest BCUT2D eigenvalue weighted by Gasteiger charge is 2.23. The fourth-order valence-electron chi connectivity index (χ4n) is 1.58. The standard InChI is InChI=1S/C10H9ClN4O3S/c1-12-8-9(15(17)18)19-10(16)14(8)5-6-2-3-7(11)13-4-6/h2-4,12H,5H2,1H3. The number of hydrogen-bond donors (Lipinski definition) is 1. The number of aromatic nitrogens is 2. The van der Waals surface area contributed by atoms with Gasteiger partial charge in [0, 0.05) is 24.6 Å². The molecule has 2 heterocycles. The maximum atomic E-state index is 11.8. The summed E-state index contributed by atoms with van der Waals surface area (Å²) in [5.74, 6) is 0.190. The Hall–Kier alpha value is -1.93. The molecule has 0 aliphatic heterocycles. The van der Waals surface area contributed by atoms with E-state index >= 15 is 0 Å². The van der Waals surface area contributed by atoms with Crippen molar-refractivity contribution in [1.82, 2.24) is 9.55 Å². The Labute approximate surface area is 116 Å². The molecule has 0 atom stereocenters. The largest absolute Gasteiger partial charge is 0.369 e. The number of thiazole rings is 1. The Balaban J connectivity index is 2.42. The minimum Gasteiger partial charge on any atom is -0.368 e. The molecule has 0 aliphatic carbocycles. The predicted molar refractivity (Wildman–Crippen MR) is 73.1 cm³/mol.